The predicted octanol–water partition coefficient (Wildman–Crippen LogP) is 6.25. The molecule has 0 bridgehead atoms. The zero-order valence-electron chi connectivity index (χ0n) is 15.2. The number of fused-ring (bicyclic) bond motifs is 2. The molecule has 0 amide bonds. The van der Waals surface area contributed by atoms with Gasteiger partial charge >= 0.3 is 0 Å². The van der Waals surface area contributed by atoms with Crippen molar-refractivity contribution in [1.82, 2.24) is 4.98 Å². The highest BCUT2D eigenvalue weighted by molar-refractivity contribution is 7.10. The van der Waals surface area contributed by atoms with E-state index >= 15 is 0 Å². The maximum atomic E-state index is 11.6. The number of anilines is 1. The summed E-state index contributed by atoms with van der Waals surface area (Å²) in [6.07, 6.45) is 2.17. The molecule has 28 heavy (non-hydrogen) atoms. The molecule has 1 aliphatic rings. The van der Waals surface area contributed by atoms with E-state index in [1.54, 1.807) is 11.3 Å². The summed E-state index contributed by atoms with van der Waals surface area (Å²) in [5, 5.41) is 9.92. The highest BCUT2D eigenvalue weighted by Gasteiger charge is 2.22. The van der Waals surface area contributed by atoms with Crippen LogP contribution < -0.4 is 5.32 Å². The fraction of sp³-hybridized carbons (Fsp3) is 0.174. The van der Waals surface area contributed by atoms with Gasteiger partial charge in [-0.3, -0.25) is 0 Å². The number of rotatable bonds is 5. The Bertz CT molecular complexity index is 1140. The lowest BCUT2D eigenvalue weighted by molar-refractivity contribution is 0.758. The van der Waals surface area contributed by atoms with Crippen LogP contribution in [-0.4, -0.2) is 4.98 Å². The minimum absolute atomic E-state index is 0.292. The van der Waals surface area contributed by atoms with Crippen molar-refractivity contribution < 1.29 is 0 Å². The zero-order valence-corrected chi connectivity index (χ0v) is 16.0. The molecule has 4 nitrogen and oxygen atoms in total. The minimum atomic E-state index is -0.494. The number of nitroso groups, excluding NO2 is 1. The molecule has 5 heteroatoms. The van der Waals surface area contributed by atoms with Gasteiger partial charge < -0.3 is 5.32 Å². The fourth-order valence-electron chi connectivity index (χ4n) is 4.09. The molecule has 0 fully saturated rings. The van der Waals surface area contributed by atoms with Gasteiger partial charge in [-0.15, -0.1) is 16.2 Å². The third-order valence-corrected chi connectivity index (χ3v) is 6.36. The molecule has 2 heterocycles. The molecular formula is C23H19N3OS. The average Bonchev–Trinajstić information content (AvgIpc) is 3.40. The Morgan fingerprint density at radius 3 is 2.82 bits per heavy atom. The Labute approximate surface area is 167 Å². The number of thiophene rings is 1. The van der Waals surface area contributed by atoms with Gasteiger partial charge in [0.05, 0.1) is 11.6 Å². The van der Waals surface area contributed by atoms with Crippen molar-refractivity contribution in [2.24, 2.45) is 5.18 Å². The van der Waals surface area contributed by atoms with E-state index in [0.717, 1.165) is 40.0 Å². The summed E-state index contributed by atoms with van der Waals surface area (Å²) in [5.74, 6) is 0.859. The number of nitrogens with zero attached hydrogens (tertiary/aromatic N) is 2. The average molecular weight is 385 g/mol. The lowest BCUT2D eigenvalue weighted by Crippen LogP contribution is -2.08. The lowest BCUT2D eigenvalue weighted by atomic mass is 10.0. The van der Waals surface area contributed by atoms with E-state index in [4.69, 9.17) is 4.98 Å². The predicted molar refractivity (Wildman–Crippen MR) is 115 cm³/mol. The van der Waals surface area contributed by atoms with Crippen molar-refractivity contribution in [2.45, 2.75) is 24.9 Å². The van der Waals surface area contributed by atoms with Crippen molar-refractivity contribution in [3.63, 3.8) is 0 Å². The topological polar surface area (TPSA) is 54.4 Å². The van der Waals surface area contributed by atoms with Crippen molar-refractivity contribution in [1.29, 1.82) is 0 Å². The van der Waals surface area contributed by atoms with Gasteiger partial charge in [0, 0.05) is 10.3 Å². The molecule has 0 radical (unpaired) electrons. The largest absolute Gasteiger partial charge is 0.363 e. The molecule has 2 aromatic heterocycles. The Hall–Kier alpha value is -3.05. The first kappa shape index (κ1) is 17.1. The maximum absolute atomic E-state index is 11.6. The van der Waals surface area contributed by atoms with Gasteiger partial charge in [-0.1, -0.05) is 47.6 Å². The highest BCUT2D eigenvalue weighted by Crippen LogP contribution is 2.36. The third-order valence-electron chi connectivity index (χ3n) is 5.43. The quantitative estimate of drug-likeness (QED) is 0.413. The van der Waals surface area contributed by atoms with E-state index in [-0.39, 0.29) is 0 Å². The summed E-state index contributed by atoms with van der Waals surface area (Å²) >= 11 is 1.55. The summed E-state index contributed by atoms with van der Waals surface area (Å²) in [5.41, 5.74) is 4.55. The molecule has 0 saturated carbocycles. The molecule has 2 unspecified atom stereocenters. The SMILES string of the molecule is O=NC(c1cccs1)c1cccc2nc(NC3CCc4ccccc43)ccc12. The van der Waals surface area contributed by atoms with Crippen LogP contribution in [0.5, 0.6) is 0 Å². The first-order valence-corrected chi connectivity index (χ1v) is 10.3. The minimum Gasteiger partial charge on any atom is -0.363 e. The number of hydrogen-bond acceptors (Lipinski definition) is 5. The molecule has 2 atom stereocenters. The van der Waals surface area contributed by atoms with E-state index in [1.807, 2.05) is 47.8 Å². The van der Waals surface area contributed by atoms with Crippen LogP contribution in [0.4, 0.5) is 5.82 Å². The number of aryl methyl sites for hydroxylation is 1. The lowest BCUT2D eigenvalue weighted by Gasteiger charge is -2.16. The molecule has 1 aliphatic carbocycles. The van der Waals surface area contributed by atoms with Crippen molar-refractivity contribution in [3.05, 3.63) is 98.6 Å². The number of aromatic nitrogens is 1. The summed E-state index contributed by atoms with van der Waals surface area (Å²) in [6.45, 7) is 0. The molecule has 4 aromatic rings. The molecule has 0 saturated heterocycles. The van der Waals surface area contributed by atoms with Crippen LogP contribution in [0.1, 0.15) is 40.1 Å². The number of pyridine rings is 1. The standard InChI is InChI=1S/C23H19N3OS/c27-26-23(21-9-4-14-28-21)18-7-3-8-19-17(18)11-13-22(24-19)25-20-12-10-15-5-1-2-6-16(15)20/h1-9,11,13-14,20,23H,10,12H2,(H,24,25). The van der Waals surface area contributed by atoms with Crippen LogP contribution in [0, 0.1) is 4.91 Å². The first-order chi connectivity index (χ1) is 13.8. The van der Waals surface area contributed by atoms with Gasteiger partial charge in [-0.05, 0) is 59.2 Å². The molecule has 138 valence electrons. The molecular weight excluding hydrogens is 366 g/mol. The smallest absolute Gasteiger partial charge is 0.152 e. The Morgan fingerprint density at radius 2 is 1.96 bits per heavy atom. The Morgan fingerprint density at radius 1 is 1.04 bits per heavy atom. The number of nitrogens with one attached hydrogen (secondary N) is 1. The van der Waals surface area contributed by atoms with E-state index in [0.29, 0.717) is 6.04 Å². The van der Waals surface area contributed by atoms with E-state index in [9.17, 15) is 4.91 Å². The van der Waals surface area contributed by atoms with E-state index in [2.05, 4.69) is 34.8 Å². The van der Waals surface area contributed by atoms with Crippen LogP contribution in [0.3, 0.4) is 0 Å². The molecule has 5 rings (SSSR count). The first-order valence-electron chi connectivity index (χ1n) is 9.43. The summed E-state index contributed by atoms with van der Waals surface area (Å²) < 4.78 is 0. The second-order valence-electron chi connectivity index (χ2n) is 7.07. The maximum Gasteiger partial charge on any atom is 0.152 e. The molecule has 0 spiro atoms. The second kappa shape index (κ2) is 7.17. The van der Waals surface area contributed by atoms with E-state index < -0.39 is 6.04 Å². The third kappa shape index (κ3) is 2.98. The van der Waals surface area contributed by atoms with Gasteiger partial charge in [-0.2, -0.15) is 0 Å². The summed E-state index contributed by atoms with van der Waals surface area (Å²) in [7, 11) is 0. The molecule has 0 aliphatic heterocycles. The fourth-order valence-corrected chi connectivity index (χ4v) is 4.86. The van der Waals surface area contributed by atoms with Crippen molar-refractivity contribution >= 4 is 28.1 Å². The number of hydrogen-bond donors (Lipinski definition) is 1. The summed E-state index contributed by atoms with van der Waals surface area (Å²) in [4.78, 5) is 17.4. The number of benzene rings is 2. The molecule has 1 N–H and O–H groups in total. The van der Waals surface area contributed by atoms with Crippen LogP contribution >= 0.6 is 11.3 Å². The second-order valence-corrected chi connectivity index (χ2v) is 8.05. The van der Waals surface area contributed by atoms with Gasteiger partial charge in [0.15, 0.2) is 6.04 Å². The van der Waals surface area contributed by atoms with E-state index in [1.165, 1.54) is 11.1 Å². The zero-order chi connectivity index (χ0) is 18.9. The van der Waals surface area contributed by atoms with Crippen LogP contribution in [-0.2, 0) is 6.42 Å². The van der Waals surface area contributed by atoms with Crippen molar-refractivity contribution in [3.8, 4) is 0 Å². The van der Waals surface area contributed by atoms with Gasteiger partial charge in [0.1, 0.15) is 5.82 Å². The van der Waals surface area contributed by atoms with Crippen LogP contribution in [0.15, 0.2) is 77.3 Å². The normalized spacial score (nSPS) is 16.6. The molecule has 2 aromatic carbocycles. The Balaban J connectivity index is 1.49. The Kier molecular flexibility index (Phi) is 4.37. The van der Waals surface area contributed by atoms with Crippen LogP contribution in [0.2, 0.25) is 0 Å². The highest BCUT2D eigenvalue weighted by atomic mass is 32.1. The van der Waals surface area contributed by atoms with Gasteiger partial charge in [0.25, 0.3) is 0 Å². The van der Waals surface area contributed by atoms with Gasteiger partial charge in [0.2, 0.25) is 0 Å². The van der Waals surface area contributed by atoms with Crippen LogP contribution in [0.25, 0.3) is 10.9 Å². The van der Waals surface area contributed by atoms with Gasteiger partial charge in [-0.25, -0.2) is 4.98 Å². The van der Waals surface area contributed by atoms with Crippen molar-refractivity contribution in [2.75, 3.05) is 5.32 Å². The monoisotopic (exact) mass is 385 g/mol. The summed E-state index contributed by atoms with van der Waals surface area (Å²) in [6, 6.07) is 22.2.